The summed E-state index contributed by atoms with van der Waals surface area (Å²) in [4.78, 5) is 26.8. The quantitative estimate of drug-likeness (QED) is 0.305. The summed E-state index contributed by atoms with van der Waals surface area (Å²) in [6.45, 7) is 13.4. The molecule has 0 N–H and O–H groups in total. The van der Waals surface area contributed by atoms with Crippen LogP contribution < -0.4 is 9.47 Å². The zero-order valence-electron chi connectivity index (χ0n) is 31.2. The Labute approximate surface area is 289 Å². The van der Waals surface area contributed by atoms with Gasteiger partial charge in [-0.05, 0) is 82.0 Å². The molecule has 0 aromatic heterocycles. The Balaban J connectivity index is 2.16. The van der Waals surface area contributed by atoms with Crippen molar-refractivity contribution in [3.8, 4) is 11.5 Å². The zero-order chi connectivity index (χ0) is 35.2. The first-order valence-electron chi connectivity index (χ1n) is 17.8. The summed E-state index contributed by atoms with van der Waals surface area (Å²) in [6.07, 6.45) is 11.7. The number of methoxy groups -OCH3 is 4. The predicted octanol–water partition coefficient (Wildman–Crippen LogP) is 9.87. The normalized spacial score (nSPS) is 16.8. The Morgan fingerprint density at radius 3 is 1.15 bits per heavy atom. The molecule has 262 valence electrons. The first-order valence-corrected chi connectivity index (χ1v) is 17.8. The molecule has 0 saturated carbocycles. The number of rotatable bonds is 4. The molecule has 0 heterocycles. The van der Waals surface area contributed by atoms with Crippen LogP contribution in [0.5, 0.6) is 11.5 Å². The Bertz CT molecular complexity index is 1440. The molecule has 0 unspecified atom stereocenters. The monoisotopic (exact) mass is 658 g/mol. The number of esters is 2. The lowest BCUT2D eigenvalue weighted by Gasteiger charge is -2.30. The van der Waals surface area contributed by atoms with E-state index in [0.29, 0.717) is 11.1 Å². The SMILES string of the molecule is COC(=O)C1=C(C(=O)OC)CC2=C(C1)c1cc(C(C)(C)C)cc(c1OC)CCCCCCCCCCc1cc(C(C)(C)C)cc2c1OC. The van der Waals surface area contributed by atoms with Crippen LogP contribution in [0.1, 0.15) is 139 Å². The van der Waals surface area contributed by atoms with Crippen LogP contribution in [0.2, 0.25) is 0 Å². The Morgan fingerprint density at radius 2 is 0.854 bits per heavy atom. The molecule has 2 aromatic rings. The summed E-state index contributed by atoms with van der Waals surface area (Å²) in [5.74, 6) is 0.606. The first-order chi connectivity index (χ1) is 22.7. The number of carbonyl (C=O) groups is 2. The number of ether oxygens (including phenoxy) is 4. The second-order valence-corrected chi connectivity index (χ2v) is 15.5. The van der Waals surface area contributed by atoms with Crippen molar-refractivity contribution in [3.63, 3.8) is 0 Å². The summed E-state index contributed by atoms with van der Waals surface area (Å²) in [6, 6.07) is 9.07. The van der Waals surface area contributed by atoms with Gasteiger partial charge in [0.15, 0.2) is 0 Å². The van der Waals surface area contributed by atoms with E-state index in [1.54, 1.807) is 14.2 Å². The molecule has 4 rings (SSSR count). The molecule has 0 aliphatic heterocycles. The smallest absolute Gasteiger partial charge is 0.334 e. The van der Waals surface area contributed by atoms with E-state index in [2.05, 4.69) is 65.8 Å². The fourth-order valence-electron chi connectivity index (χ4n) is 7.17. The second-order valence-electron chi connectivity index (χ2n) is 15.5. The number of fused-ring (bicyclic) bond motifs is 6. The number of hydrogen-bond donors (Lipinski definition) is 0. The maximum absolute atomic E-state index is 13.4. The van der Waals surface area contributed by atoms with Gasteiger partial charge in [-0.25, -0.2) is 9.59 Å². The fraction of sp³-hybridized carbons (Fsp3) is 0.571. The van der Waals surface area contributed by atoms with Crippen molar-refractivity contribution in [2.24, 2.45) is 0 Å². The topological polar surface area (TPSA) is 71.1 Å². The maximum Gasteiger partial charge on any atom is 0.334 e. The highest BCUT2D eigenvalue weighted by atomic mass is 16.5. The van der Waals surface area contributed by atoms with E-state index in [4.69, 9.17) is 18.9 Å². The van der Waals surface area contributed by atoms with Crippen LogP contribution in [0.4, 0.5) is 0 Å². The molecular weight excluding hydrogens is 600 g/mol. The van der Waals surface area contributed by atoms with Gasteiger partial charge in [0, 0.05) is 24.0 Å². The molecule has 0 fully saturated rings. The lowest BCUT2D eigenvalue weighted by molar-refractivity contribution is -0.139. The molecule has 48 heavy (non-hydrogen) atoms. The lowest BCUT2D eigenvalue weighted by Crippen LogP contribution is -2.21. The van der Waals surface area contributed by atoms with Crippen LogP contribution in [0, 0.1) is 0 Å². The minimum absolute atomic E-state index is 0.128. The zero-order valence-corrected chi connectivity index (χ0v) is 31.2. The highest BCUT2D eigenvalue weighted by Gasteiger charge is 2.35. The van der Waals surface area contributed by atoms with E-state index < -0.39 is 11.9 Å². The number of hydrogen-bond acceptors (Lipinski definition) is 6. The van der Waals surface area contributed by atoms with Crippen LogP contribution in [-0.2, 0) is 42.7 Å². The second kappa shape index (κ2) is 15.8. The van der Waals surface area contributed by atoms with E-state index in [-0.39, 0.29) is 23.7 Å². The summed E-state index contributed by atoms with van der Waals surface area (Å²) in [5.41, 5.74) is 8.93. The maximum atomic E-state index is 13.4. The average Bonchev–Trinajstić information content (AvgIpc) is 3.05. The van der Waals surface area contributed by atoms with Crippen LogP contribution >= 0.6 is 0 Å². The molecule has 6 heteroatoms. The Morgan fingerprint density at radius 1 is 0.521 bits per heavy atom. The molecular formula is C42H58O6. The van der Waals surface area contributed by atoms with Crippen molar-refractivity contribution in [3.05, 3.63) is 68.8 Å². The molecule has 0 amide bonds. The third-order valence-electron chi connectivity index (χ3n) is 10.1. The molecule has 0 saturated heterocycles. The minimum Gasteiger partial charge on any atom is -0.496 e. The summed E-state index contributed by atoms with van der Waals surface area (Å²) in [7, 11) is 6.20. The highest BCUT2D eigenvalue weighted by Crippen LogP contribution is 2.49. The van der Waals surface area contributed by atoms with Gasteiger partial charge in [-0.3, -0.25) is 0 Å². The van der Waals surface area contributed by atoms with Gasteiger partial charge in [0.25, 0.3) is 0 Å². The molecule has 0 spiro atoms. The van der Waals surface area contributed by atoms with Crippen LogP contribution in [0.3, 0.4) is 0 Å². The van der Waals surface area contributed by atoms with E-state index >= 15 is 0 Å². The highest BCUT2D eigenvalue weighted by molar-refractivity contribution is 6.09. The van der Waals surface area contributed by atoms with Crippen molar-refractivity contribution in [1.82, 2.24) is 0 Å². The van der Waals surface area contributed by atoms with Crippen LogP contribution in [0.15, 0.2) is 35.4 Å². The van der Waals surface area contributed by atoms with Crippen molar-refractivity contribution >= 4 is 23.1 Å². The van der Waals surface area contributed by atoms with Crippen LogP contribution in [-0.4, -0.2) is 40.4 Å². The number of benzene rings is 2. The molecule has 0 radical (unpaired) electrons. The van der Waals surface area contributed by atoms with Gasteiger partial charge >= 0.3 is 11.9 Å². The van der Waals surface area contributed by atoms with Gasteiger partial charge in [-0.1, -0.05) is 92.2 Å². The number of carbonyl (C=O) groups excluding carboxylic acids is 2. The van der Waals surface area contributed by atoms with Crippen molar-refractivity contribution in [2.75, 3.05) is 28.4 Å². The van der Waals surface area contributed by atoms with E-state index in [1.807, 2.05) is 0 Å². The molecule has 2 aliphatic carbocycles. The lowest BCUT2D eigenvalue weighted by atomic mass is 9.75. The van der Waals surface area contributed by atoms with Crippen LogP contribution in [0.25, 0.3) is 11.1 Å². The molecule has 2 aromatic carbocycles. The molecule has 4 bridgehead atoms. The van der Waals surface area contributed by atoms with E-state index in [1.165, 1.54) is 75.0 Å². The third-order valence-corrected chi connectivity index (χ3v) is 10.1. The predicted molar refractivity (Wildman–Crippen MR) is 195 cm³/mol. The third kappa shape index (κ3) is 8.36. The summed E-state index contributed by atoms with van der Waals surface area (Å²) >= 11 is 0. The minimum atomic E-state index is -0.524. The van der Waals surface area contributed by atoms with Crippen molar-refractivity contribution in [2.45, 2.75) is 129 Å². The fourth-order valence-corrected chi connectivity index (χ4v) is 7.17. The van der Waals surface area contributed by atoms with E-state index in [9.17, 15) is 9.59 Å². The van der Waals surface area contributed by atoms with Crippen molar-refractivity contribution in [1.29, 1.82) is 0 Å². The van der Waals surface area contributed by atoms with Gasteiger partial charge in [0.1, 0.15) is 11.5 Å². The molecule has 0 atom stereocenters. The summed E-state index contributed by atoms with van der Waals surface area (Å²) < 4.78 is 23.1. The Hall–Kier alpha value is -3.54. The molecule has 6 nitrogen and oxygen atoms in total. The van der Waals surface area contributed by atoms with Gasteiger partial charge in [-0.2, -0.15) is 0 Å². The van der Waals surface area contributed by atoms with E-state index in [0.717, 1.165) is 59.5 Å². The van der Waals surface area contributed by atoms with Gasteiger partial charge in [0.05, 0.1) is 39.6 Å². The first kappa shape index (κ1) is 37.3. The van der Waals surface area contributed by atoms with Gasteiger partial charge < -0.3 is 18.9 Å². The van der Waals surface area contributed by atoms with Gasteiger partial charge in [0.2, 0.25) is 0 Å². The van der Waals surface area contributed by atoms with Crippen molar-refractivity contribution < 1.29 is 28.5 Å². The molecule has 2 aliphatic rings. The van der Waals surface area contributed by atoms with Gasteiger partial charge in [-0.15, -0.1) is 0 Å². The number of aryl methyl sites for hydroxylation is 2. The number of allylic oxidation sites excluding steroid dienone is 2. The average molecular weight is 659 g/mol. The Kier molecular flexibility index (Phi) is 12.3. The standard InChI is InChI=1S/C42H58O6/c1-41(2,3)29-21-27-19-17-15-13-11-12-14-16-18-20-28-22-30(42(4,5)6)24-34(38(28)46-8)32-26-36(40(44)48-10)35(39(43)47-9)25-31(32)33(23-29)37(27)45-7/h21-24H,11-20,25-26H2,1-10H3. The summed E-state index contributed by atoms with van der Waals surface area (Å²) in [5, 5.41) is 0. The largest absolute Gasteiger partial charge is 0.496 e.